The predicted octanol–water partition coefficient (Wildman–Crippen LogP) is 1.64. The van der Waals surface area contributed by atoms with Gasteiger partial charge in [-0.1, -0.05) is 5.21 Å². The molecule has 112 valence electrons. The van der Waals surface area contributed by atoms with E-state index in [1.807, 2.05) is 27.7 Å². The normalized spacial score (nSPS) is 16.6. The van der Waals surface area contributed by atoms with Gasteiger partial charge in [0.25, 0.3) is 0 Å². The summed E-state index contributed by atoms with van der Waals surface area (Å²) in [4.78, 5) is 14.4. The van der Waals surface area contributed by atoms with Gasteiger partial charge >= 0.3 is 5.97 Å². The quantitative estimate of drug-likeness (QED) is 0.785. The smallest absolute Gasteiger partial charge is 0.361 e. The van der Waals surface area contributed by atoms with Crippen LogP contribution in [0.2, 0.25) is 0 Å². The Morgan fingerprint density at radius 2 is 1.90 bits per heavy atom. The number of aromatic nitrogens is 3. The first-order chi connectivity index (χ1) is 9.37. The molecule has 1 fully saturated rings. The Bertz CT molecular complexity index is 470. The van der Waals surface area contributed by atoms with Crippen molar-refractivity contribution in [2.45, 2.75) is 52.7 Å². The fourth-order valence-corrected chi connectivity index (χ4v) is 2.33. The summed E-state index contributed by atoms with van der Waals surface area (Å²) >= 11 is 0. The van der Waals surface area contributed by atoms with Gasteiger partial charge in [-0.25, -0.2) is 9.48 Å². The summed E-state index contributed by atoms with van der Waals surface area (Å²) in [6.07, 6.45) is 2.55. The molecule has 1 aliphatic heterocycles. The number of hydrogen-bond donors (Lipinski definition) is 0. The molecule has 2 rings (SSSR count). The summed E-state index contributed by atoms with van der Waals surface area (Å²) in [6.45, 7) is 11.4. The molecule has 6 nitrogen and oxygen atoms in total. The summed E-state index contributed by atoms with van der Waals surface area (Å²) in [5.41, 5.74) is 0.586. The molecular weight excluding hydrogens is 256 g/mol. The van der Waals surface area contributed by atoms with Gasteiger partial charge in [-0.2, -0.15) is 0 Å². The molecule has 0 aromatic carbocycles. The highest BCUT2D eigenvalue weighted by Gasteiger charge is 2.23. The van der Waals surface area contributed by atoms with Crippen LogP contribution in [0.5, 0.6) is 0 Å². The van der Waals surface area contributed by atoms with E-state index in [1.165, 1.54) is 12.8 Å². The Morgan fingerprint density at radius 1 is 1.25 bits per heavy atom. The third kappa shape index (κ3) is 3.79. The third-order valence-electron chi connectivity index (χ3n) is 3.40. The zero-order valence-electron chi connectivity index (χ0n) is 12.8. The van der Waals surface area contributed by atoms with E-state index in [4.69, 9.17) is 4.74 Å². The average molecular weight is 280 g/mol. The molecule has 0 saturated carbocycles. The summed E-state index contributed by atoms with van der Waals surface area (Å²) in [5, 5.41) is 8.03. The van der Waals surface area contributed by atoms with Crippen LogP contribution >= 0.6 is 0 Å². The van der Waals surface area contributed by atoms with E-state index in [2.05, 4.69) is 15.2 Å². The molecule has 1 aromatic rings. The highest BCUT2D eigenvalue weighted by Crippen LogP contribution is 2.13. The highest BCUT2D eigenvalue weighted by atomic mass is 16.6. The molecule has 0 spiro atoms. The number of carbonyl (C=O) groups is 1. The van der Waals surface area contributed by atoms with Crippen molar-refractivity contribution in [3.05, 3.63) is 11.4 Å². The molecule has 0 aliphatic carbocycles. The van der Waals surface area contributed by atoms with Gasteiger partial charge in [0.1, 0.15) is 5.60 Å². The monoisotopic (exact) mass is 280 g/mol. The standard InChI is InChI=1S/C14H24N4O2/c1-11-12(13(19)20-14(2,3)4)15-16-18(11)10-9-17-7-5-6-8-17/h5-10H2,1-4H3. The van der Waals surface area contributed by atoms with E-state index in [9.17, 15) is 4.79 Å². The molecule has 1 aromatic heterocycles. The summed E-state index contributed by atoms with van der Waals surface area (Å²) in [7, 11) is 0. The lowest BCUT2D eigenvalue weighted by Gasteiger charge is -2.18. The largest absolute Gasteiger partial charge is 0.455 e. The summed E-state index contributed by atoms with van der Waals surface area (Å²) in [5.74, 6) is -0.401. The van der Waals surface area contributed by atoms with Crippen molar-refractivity contribution < 1.29 is 9.53 Å². The SMILES string of the molecule is Cc1c(C(=O)OC(C)(C)C)nnn1CCN1CCCC1. The molecule has 0 amide bonds. The van der Waals surface area contributed by atoms with E-state index in [1.54, 1.807) is 4.68 Å². The lowest BCUT2D eigenvalue weighted by Crippen LogP contribution is -2.25. The number of hydrogen-bond acceptors (Lipinski definition) is 5. The molecule has 6 heteroatoms. The van der Waals surface area contributed by atoms with Crippen LogP contribution < -0.4 is 0 Å². The van der Waals surface area contributed by atoms with Gasteiger partial charge in [0.05, 0.1) is 12.2 Å². The zero-order valence-corrected chi connectivity index (χ0v) is 12.8. The second-order valence-electron chi connectivity index (χ2n) is 6.30. The number of ether oxygens (including phenoxy) is 1. The van der Waals surface area contributed by atoms with Gasteiger partial charge in [0.2, 0.25) is 0 Å². The minimum atomic E-state index is -0.511. The van der Waals surface area contributed by atoms with Crippen LogP contribution in [0, 0.1) is 6.92 Å². The first kappa shape index (κ1) is 15.0. The van der Waals surface area contributed by atoms with Crippen LogP contribution in [0.4, 0.5) is 0 Å². The average Bonchev–Trinajstić information content (AvgIpc) is 2.93. The van der Waals surface area contributed by atoms with Gasteiger partial charge in [-0.15, -0.1) is 5.10 Å². The summed E-state index contributed by atoms with van der Waals surface area (Å²) in [6, 6.07) is 0. The second-order valence-corrected chi connectivity index (χ2v) is 6.30. The van der Waals surface area contributed by atoms with Crippen LogP contribution in [-0.4, -0.2) is 51.1 Å². The van der Waals surface area contributed by atoms with Gasteiger partial charge in [-0.05, 0) is 53.6 Å². The number of rotatable bonds is 4. The Balaban J connectivity index is 1.97. The number of esters is 1. The van der Waals surface area contributed by atoms with Gasteiger partial charge < -0.3 is 9.64 Å². The predicted molar refractivity (Wildman–Crippen MR) is 75.6 cm³/mol. The number of carbonyl (C=O) groups excluding carboxylic acids is 1. The van der Waals surface area contributed by atoms with E-state index < -0.39 is 11.6 Å². The van der Waals surface area contributed by atoms with Crippen molar-refractivity contribution in [3.63, 3.8) is 0 Å². The maximum atomic E-state index is 12.0. The Kier molecular flexibility index (Phi) is 4.42. The number of likely N-dealkylation sites (tertiary alicyclic amines) is 1. The minimum Gasteiger partial charge on any atom is -0.455 e. The van der Waals surface area contributed by atoms with Crippen LogP contribution in [0.3, 0.4) is 0 Å². The molecule has 0 radical (unpaired) electrons. The minimum absolute atomic E-state index is 0.321. The van der Waals surface area contributed by atoms with E-state index in [0.717, 1.165) is 31.9 Å². The molecule has 2 heterocycles. The first-order valence-corrected chi connectivity index (χ1v) is 7.22. The summed E-state index contributed by atoms with van der Waals surface area (Å²) < 4.78 is 7.12. The molecule has 1 aliphatic rings. The third-order valence-corrected chi connectivity index (χ3v) is 3.40. The Morgan fingerprint density at radius 3 is 2.50 bits per heavy atom. The molecule has 0 N–H and O–H groups in total. The lowest BCUT2D eigenvalue weighted by molar-refractivity contribution is 0.00618. The van der Waals surface area contributed by atoms with E-state index in [-0.39, 0.29) is 0 Å². The van der Waals surface area contributed by atoms with Crippen molar-refractivity contribution in [2.24, 2.45) is 0 Å². The second kappa shape index (κ2) is 5.91. The van der Waals surface area contributed by atoms with Gasteiger partial charge in [0, 0.05) is 6.54 Å². The first-order valence-electron chi connectivity index (χ1n) is 7.22. The number of nitrogens with zero attached hydrogens (tertiary/aromatic N) is 4. The van der Waals surface area contributed by atoms with E-state index in [0.29, 0.717) is 5.69 Å². The lowest BCUT2D eigenvalue weighted by atomic mass is 10.2. The van der Waals surface area contributed by atoms with Crippen molar-refractivity contribution in [1.29, 1.82) is 0 Å². The Labute approximate surface area is 120 Å². The maximum Gasteiger partial charge on any atom is 0.361 e. The molecule has 0 atom stereocenters. The molecule has 20 heavy (non-hydrogen) atoms. The maximum absolute atomic E-state index is 12.0. The zero-order chi connectivity index (χ0) is 14.8. The topological polar surface area (TPSA) is 60.2 Å². The molecule has 0 unspecified atom stereocenters. The van der Waals surface area contributed by atoms with Crippen LogP contribution in [0.25, 0.3) is 0 Å². The van der Waals surface area contributed by atoms with Crippen molar-refractivity contribution in [3.8, 4) is 0 Å². The molecule has 1 saturated heterocycles. The Hall–Kier alpha value is -1.43. The van der Waals surface area contributed by atoms with Crippen LogP contribution in [0.1, 0.15) is 49.8 Å². The fraction of sp³-hybridized carbons (Fsp3) is 0.786. The van der Waals surface area contributed by atoms with Crippen LogP contribution in [0.15, 0.2) is 0 Å². The van der Waals surface area contributed by atoms with Crippen molar-refractivity contribution in [2.75, 3.05) is 19.6 Å². The van der Waals surface area contributed by atoms with Crippen molar-refractivity contribution >= 4 is 5.97 Å². The highest BCUT2D eigenvalue weighted by molar-refractivity contribution is 5.88. The molecule has 0 bridgehead atoms. The van der Waals surface area contributed by atoms with E-state index >= 15 is 0 Å². The fourth-order valence-electron chi connectivity index (χ4n) is 2.33. The van der Waals surface area contributed by atoms with Crippen LogP contribution in [-0.2, 0) is 11.3 Å². The molecular formula is C14H24N4O2. The van der Waals surface area contributed by atoms with Gasteiger partial charge in [0.15, 0.2) is 5.69 Å². The van der Waals surface area contributed by atoms with Crippen molar-refractivity contribution in [1.82, 2.24) is 19.9 Å². The van der Waals surface area contributed by atoms with Gasteiger partial charge in [-0.3, -0.25) is 0 Å².